The number of carbonyl (C=O) groups excluding carboxylic acids is 1. The van der Waals surface area contributed by atoms with Crippen molar-refractivity contribution in [2.75, 3.05) is 44.2 Å². The zero-order valence-electron chi connectivity index (χ0n) is 13.3. The van der Waals surface area contributed by atoms with E-state index in [0.717, 1.165) is 19.6 Å². The van der Waals surface area contributed by atoms with Gasteiger partial charge in [-0.2, -0.15) is 0 Å². The second kappa shape index (κ2) is 6.22. The minimum Gasteiger partial charge on any atom is -0.338 e. The molecule has 7 heteroatoms. The number of carbonyl (C=O) groups is 1. The van der Waals surface area contributed by atoms with E-state index in [-0.39, 0.29) is 29.0 Å². The molecule has 2 aliphatic rings. The molecule has 0 aromatic rings. The van der Waals surface area contributed by atoms with Crippen molar-refractivity contribution in [2.45, 2.75) is 38.8 Å². The summed E-state index contributed by atoms with van der Waals surface area (Å²) in [7, 11) is -2.96. The number of nitrogens with one attached hydrogen (secondary N) is 1. The average molecular weight is 317 g/mol. The fraction of sp³-hybridized carbons (Fsp3) is 0.929. The predicted octanol–water partition coefficient (Wildman–Crippen LogP) is -0.294. The van der Waals surface area contributed by atoms with Gasteiger partial charge in [-0.1, -0.05) is 0 Å². The molecular weight excluding hydrogens is 290 g/mol. The second-order valence-electron chi connectivity index (χ2n) is 6.65. The number of sulfone groups is 1. The van der Waals surface area contributed by atoms with E-state index in [9.17, 15) is 13.2 Å². The predicted molar refractivity (Wildman–Crippen MR) is 83.0 cm³/mol. The van der Waals surface area contributed by atoms with E-state index >= 15 is 0 Å². The molecule has 0 aromatic heterocycles. The van der Waals surface area contributed by atoms with Gasteiger partial charge in [-0.3, -0.25) is 9.69 Å². The molecule has 122 valence electrons. The number of likely N-dealkylation sites (N-methyl/N-ethyl adjacent to an activating group) is 1. The van der Waals surface area contributed by atoms with Gasteiger partial charge in [-0.25, -0.2) is 8.42 Å². The average Bonchev–Trinajstić information content (AvgIpc) is 2.73. The molecule has 1 unspecified atom stereocenters. The molecule has 2 rings (SSSR count). The highest BCUT2D eigenvalue weighted by molar-refractivity contribution is 7.91. The lowest BCUT2D eigenvalue weighted by Crippen LogP contribution is -2.60. The van der Waals surface area contributed by atoms with Crippen molar-refractivity contribution in [3.63, 3.8) is 0 Å². The monoisotopic (exact) mass is 317 g/mol. The number of piperazine rings is 1. The zero-order valence-corrected chi connectivity index (χ0v) is 14.1. The Kier molecular flexibility index (Phi) is 4.95. The molecule has 1 N–H and O–H groups in total. The molecule has 2 aliphatic heterocycles. The van der Waals surface area contributed by atoms with Crippen molar-refractivity contribution < 1.29 is 13.2 Å². The summed E-state index contributed by atoms with van der Waals surface area (Å²) in [5, 5.41) is 3.34. The van der Waals surface area contributed by atoms with Gasteiger partial charge in [0.25, 0.3) is 0 Å². The van der Waals surface area contributed by atoms with Crippen molar-refractivity contribution in [1.82, 2.24) is 15.1 Å². The van der Waals surface area contributed by atoms with Crippen LogP contribution in [0, 0.1) is 0 Å². The van der Waals surface area contributed by atoms with Crippen molar-refractivity contribution in [2.24, 2.45) is 0 Å². The maximum atomic E-state index is 12.6. The Bertz CT molecular complexity index is 490. The fourth-order valence-corrected chi connectivity index (χ4v) is 4.96. The Morgan fingerprint density at radius 2 is 2.14 bits per heavy atom. The van der Waals surface area contributed by atoms with Gasteiger partial charge in [0.1, 0.15) is 0 Å². The van der Waals surface area contributed by atoms with E-state index in [1.807, 2.05) is 6.92 Å². The number of nitrogens with zero attached hydrogens (tertiary/aromatic N) is 2. The van der Waals surface area contributed by atoms with E-state index < -0.39 is 9.84 Å². The Balaban J connectivity index is 2.00. The lowest BCUT2D eigenvalue weighted by molar-refractivity contribution is -0.135. The van der Waals surface area contributed by atoms with E-state index in [1.54, 1.807) is 4.90 Å². The fourth-order valence-electron chi connectivity index (χ4n) is 3.23. The third-order valence-corrected chi connectivity index (χ3v) is 6.36. The SMILES string of the molecule is CCN(C(=O)CN1CCNCC1(C)C)C1CCS(=O)(=O)C1. The van der Waals surface area contributed by atoms with Gasteiger partial charge in [0.05, 0.1) is 18.1 Å². The maximum Gasteiger partial charge on any atom is 0.237 e. The van der Waals surface area contributed by atoms with Crippen molar-refractivity contribution in [3.05, 3.63) is 0 Å². The van der Waals surface area contributed by atoms with Crippen LogP contribution in [0.2, 0.25) is 0 Å². The largest absolute Gasteiger partial charge is 0.338 e. The summed E-state index contributed by atoms with van der Waals surface area (Å²) < 4.78 is 23.2. The highest BCUT2D eigenvalue weighted by Crippen LogP contribution is 2.20. The molecule has 21 heavy (non-hydrogen) atoms. The maximum absolute atomic E-state index is 12.6. The van der Waals surface area contributed by atoms with Crippen LogP contribution in [0.25, 0.3) is 0 Å². The summed E-state index contributed by atoms with van der Waals surface area (Å²) in [5.41, 5.74) is -0.0466. The van der Waals surface area contributed by atoms with Crippen LogP contribution in [0.1, 0.15) is 27.2 Å². The molecule has 6 nitrogen and oxygen atoms in total. The Morgan fingerprint density at radius 3 is 2.67 bits per heavy atom. The molecule has 2 heterocycles. The van der Waals surface area contributed by atoms with Crippen LogP contribution in [-0.2, 0) is 14.6 Å². The van der Waals surface area contributed by atoms with Gasteiger partial charge in [0.2, 0.25) is 5.91 Å². The molecule has 0 aromatic carbocycles. The van der Waals surface area contributed by atoms with Crippen LogP contribution in [0.4, 0.5) is 0 Å². The lowest BCUT2D eigenvalue weighted by atomic mass is 10.00. The first-order valence-electron chi connectivity index (χ1n) is 7.71. The normalized spacial score (nSPS) is 28.4. The molecule has 2 fully saturated rings. The van der Waals surface area contributed by atoms with Gasteiger partial charge in [0, 0.05) is 37.8 Å². The minimum atomic E-state index is -2.96. The zero-order chi connectivity index (χ0) is 15.7. The summed E-state index contributed by atoms with van der Waals surface area (Å²) in [6.07, 6.45) is 0.576. The van der Waals surface area contributed by atoms with Crippen molar-refractivity contribution in [1.29, 1.82) is 0 Å². The third-order valence-electron chi connectivity index (χ3n) is 4.61. The molecule has 0 bridgehead atoms. The van der Waals surface area contributed by atoms with E-state index in [0.29, 0.717) is 19.5 Å². The Morgan fingerprint density at radius 1 is 1.43 bits per heavy atom. The first-order valence-corrected chi connectivity index (χ1v) is 9.53. The van der Waals surface area contributed by atoms with Crippen LogP contribution in [-0.4, -0.2) is 79.9 Å². The highest BCUT2D eigenvalue weighted by atomic mass is 32.2. The highest BCUT2D eigenvalue weighted by Gasteiger charge is 2.36. The van der Waals surface area contributed by atoms with Gasteiger partial charge >= 0.3 is 0 Å². The van der Waals surface area contributed by atoms with Crippen LogP contribution in [0.5, 0.6) is 0 Å². The van der Waals surface area contributed by atoms with Gasteiger partial charge in [0.15, 0.2) is 9.84 Å². The third kappa shape index (κ3) is 3.96. The molecule has 0 spiro atoms. The first-order chi connectivity index (χ1) is 9.75. The summed E-state index contributed by atoms with van der Waals surface area (Å²) in [6, 6.07) is -0.140. The molecular formula is C14H27N3O3S. The van der Waals surface area contributed by atoms with E-state index in [2.05, 4.69) is 24.1 Å². The molecule has 0 saturated carbocycles. The number of rotatable bonds is 4. The van der Waals surface area contributed by atoms with Gasteiger partial charge < -0.3 is 10.2 Å². The Hall–Kier alpha value is -0.660. The molecule has 0 aliphatic carbocycles. The summed E-state index contributed by atoms with van der Waals surface area (Å²) in [5.74, 6) is 0.382. The molecule has 1 atom stereocenters. The second-order valence-corrected chi connectivity index (χ2v) is 8.88. The van der Waals surface area contributed by atoms with Crippen molar-refractivity contribution in [3.8, 4) is 0 Å². The van der Waals surface area contributed by atoms with Crippen LogP contribution in [0.3, 0.4) is 0 Å². The quantitative estimate of drug-likeness (QED) is 0.771. The van der Waals surface area contributed by atoms with Gasteiger partial charge in [-0.15, -0.1) is 0 Å². The van der Waals surface area contributed by atoms with Crippen molar-refractivity contribution >= 4 is 15.7 Å². The van der Waals surface area contributed by atoms with E-state index in [1.165, 1.54) is 0 Å². The lowest BCUT2D eigenvalue weighted by Gasteiger charge is -2.43. The van der Waals surface area contributed by atoms with Crippen LogP contribution < -0.4 is 5.32 Å². The van der Waals surface area contributed by atoms with Crippen LogP contribution in [0.15, 0.2) is 0 Å². The molecule has 0 radical (unpaired) electrons. The molecule has 2 saturated heterocycles. The molecule has 1 amide bonds. The summed E-state index contributed by atoms with van der Waals surface area (Å²) in [6.45, 7) is 9.73. The number of amides is 1. The standard InChI is InChI=1S/C14H27N3O3S/c1-4-17(12-5-8-21(19,20)10-12)13(18)9-16-7-6-15-11-14(16,2)3/h12,15H,4-11H2,1-3H3. The minimum absolute atomic E-state index is 0.0466. The number of hydrogen-bond acceptors (Lipinski definition) is 5. The summed E-state index contributed by atoms with van der Waals surface area (Å²) >= 11 is 0. The van der Waals surface area contributed by atoms with Crippen LogP contribution >= 0.6 is 0 Å². The number of hydrogen-bond donors (Lipinski definition) is 1. The first kappa shape index (κ1) is 16.7. The summed E-state index contributed by atoms with van der Waals surface area (Å²) in [4.78, 5) is 16.5. The van der Waals surface area contributed by atoms with E-state index in [4.69, 9.17) is 0 Å². The Labute approximate surface area is 127 Å². The smallest absolute Gasteiger partial charge is 0.237 e. The van der Waals surface area contributed by atoms with Gasteiger partial charge in [-0.05, 0) is 27.2 Å². The topological polar surface area (TPSA) is 69.7 Å².